The number of amides is 1. The number of benzene rings is 2. The van der Waals surface area contributed by atoms with Crippen LogP contribution in [0.5, 0.6) is 11.5 Å². The predicted molar refractivity (Wildman–Crippen MR) is 130 cm³/mol. The van der Waals surface area contributed by atoms with Crippen LogP contribution in [0.15, 0.2) is 47.3 Å². The molecule has 1 amide bonds. The third-order valence-electron chi connectivity index (χ3n) is 4.99. The molecule has 0 saturated carbocycles. The van der Waals surface area contributed by atoms with Gasteiger partial charge in [-0.1, -0.05) is 29.8 Å². The Labute approximate surface area is 195 Å². The Morgan fingerprint density at radius 1 is 1.03 bits per heavy atom. The second-order valence-corrected chi connectivity index (χ2v) is 8.71. The Hall–Kier alpha value is -3.65. The summed E-state index contributed by atoms with van der Waals surface area (Å²) in [6, 6.07) is 12.6. The van der Waals surface area contributed by atoms with Crippen molar-refractivity contribution in [2.75, 3.05) is 28.3 Å². The highest BCUT2D eigenvalue weighted by molar-refractivity contribution is 7.07. The van der Waals surface area contributed by atoms with Crippen LogP contribution in [0.1, 0.15) is 21.5 Å². The zero-order valence-corrected chi connectivity index (χ0v) is 20.1. The van der Waals surface area contributed by atoms with Crippen molar-refractivity contribution in [1.82, 2.24) is 9.47 Å². The number of thiazole rings is 1. The molecule has 0 spiro atoms. The minimum atomic E-state index is -0.332. The van der Waals surface area contributed by atoms with E-state index in [1.165, 1.54) is 41.1 Å². The molecular weight excluding hydrogens is 440 g/mol. The van der Waals surface area contributed by atoms with Crippen molar-refractivity contribution in [2.24, 2.45) is 0 Å². The molecule has 0 aliphatic carbocycles. The van der Waals surface area contributed by atoms with Gasteiger partial charge >= 0.3 is 0 Å². The number of hydrogen-bond acceptors (Lipinski definition) is 6. The molecule has 0 N–H and O–H groups in total. The molecule has 1 heterocycles. The quantitative estimate of drug-likeness (QED) is 0.497. The van der Waals surface area contributed by atoms with Crippen molar-refractivity contribution in [1.29, 1.82) is 0 Å². The number of hydrogen-bond donors (Lipinski definition) is 0. The van der Waals surface area contributed by atoms with Gasteiger partial charge in [0, 0.05) is 31.8 Å². The van der Waals surface area contributed by atoms with Gasteiger partial charge in [-0.25, -0.2) is 0 Å². The van der Waals surface area contributed by atoms with Crippen LogP contribution in [0.2, 0.25) is 0 Å². The number of ether oxygens (including phenoxy) is 2. The molecule has 172 valence electrons. The number of likely N-dealkylation sites (N-methyl/N-ethyl adjacent to an activating group) is 1. The maximum atomic E-state index is 13.1. The zero-order chi connectivity index (χ0) is 24.1. The van der Waals surface area contributed by atoms with Crippen molar-refractivity contribution < 1.29 is 19.1 Å². The van der Waals surface area contributed by atoms with Crippen molar-refractivity contribution in [3.8, 4) is 11.5 Å². The molecule has 0 atom stereocenters. The summed E-state index contributed by atoms with van der Waals surface area (Å²) >= 11 is 1.17. The monoisotopic (exact) mass is 466 g/mol. The summed E-state index contributed by atoms with van der Waals surface area (Å²) in [4.78, 5) is 40.0. The average molecular weight is 467 g/mol. The first-order valence-corrected chi connectivity index (χ1v) is 11.0. The van der Waals surface area contributed by atoms with Gasteiger partial charge in [0.2, 0.25) is 5.91 Å². The van der Waals surface area contributed by atoms with Gasteiger partial charge in [-0.05, 0) is 30.7 Å². The lowest BCUT2D eigenvalue weighted by Gasteiger charge is -2.10. The summed E-state index contributed by atoms with van der Waals surface area (Å²) in [5, 5.41) is 0. The standard InChI is InChI=1S/C25H26N2O5S/c1-16-6-8-17(9-7-16)10-22-25(30)27(15-23(29)26(2)3)24(33-22)14-21(28)18-11-19(31-4)13-20(12-18)32-5/h6-14H,15H2,1-5H3/b22-10+,24-14-. The molecule has 0 unspecified atom stereocenters. The number of Topliss-reactive ketones (excluding diaryl/α,β-unsaturated/α-hetero) is 1. The molecule has 7 nitrogen and oxygen atoms in total. The minimum Gasteiger partial charge on any atom is -0.497 e. The van der Waals surface area contributed by atoms with Crippen LogP contribution in [-0.4, -0.2) is 49.5 Å². The molecule has 3 aromatic rings. The van der Waals surface area contributed by atoms with Gasteiger partial charge in [0.25, 0.3) is 5.56 Å². The number of aromatic nitrogens is 1. The number of methoxy groups -OCH3 is 2. The lowest BCUT2D eigenvalue weighted by Crippen LogP contribution is -2.37. The van der Waals surface area contributed by atoms with Crippen molar-refractivity contribution in [2.45, 2.75) is 13.5 Å². The molecule has 0 radical (unpaired) electrons. The third kappa shape index (κ3) is 5.78. The topological polar surface area (TPSA) is 77.8 Å². The number of aryl methyl sites for hydroxylation is 1. The van der Waals surface area contributed by atoms with Crippen molar-refractivity contribution >= 4 is 35.2 Å². The van der Waals surface area contributed by atoms with Crippen LogP contribution in [0.4, 0.5) is 0 Å². The molecule has 0 bridgehead atoms. The molecule has 2 aromatic carbocycles. The summed E-state index contributed by atoms with van der Waals surface area (Å²) in [5.74, 6) is 0.375. The number of carbonyl (C=O) groups is 2. The third-order valence-corrected chi connectivity index (χ3v) is 6.05. The van der Waals surface area contributed by atoms with E-state index in [2.05, 4.69) is 0 Å². The maximum Gasteiger partial charge on any atom is 0.269 e. The highest BCUT2D eigenvalue weighted by atomic mass is 32.1. The minimum absolute atomic E-state index is 0.162. The maximum absolute atomic E-state index is 13.1. The fourth-order valence-electron chi connectivity index (χ4n) is 3.03. The van der Waals surface area contributed by atoms with Gasteiger partial charge < -0.3 is 14.4 Å². The van der Waals surface area contributed by atoms with E-state index in [9.17, 15) is 14.4 Å². The van der Waals surface area contributed by atoms with Gasteiger partial charge in [0.05, 0.1) is 18.8 Å². The van der Waals surface area contributed by atoms with Gasteiger partial charge in [-0.15, -0.1) is 11.3 Å². The molecule has 0 fully saturated rings. The summed E-state index contributed by atoms with van der Waals surface area (Å²) in [6.07, 6.45) is 3.13. The molecule has 0 saturated heterocycles. The van der Waals surface area contributed by atoms with Crippen LogP contribution in [0.25, 0.3) is 12.2 Å². The van der Waals surface area contributed by atoms with Crippen molar-refractivity contribution in [3.05, 3.63) is 78.7 Å². The van der Waals surface area contributed by atoms with Crippen LogP contribution in [-0.2, 0) is 11.3 Å². The van der Waals surface area contributed by atoms with E-state index in [0.29, 0.717) is 26.3 Å². The molecular formula is C25H26N2O5S. The van der Waals surface area contributed by atoms with Gasteiger partial charge in [0.15, 0.2) is 5.78 Å². The largest absolute Gasteiger partial charge is 0.497 e. The van der Waals surface area contributed by atoms with Gasteiger partial charge in [-0.2, -0.15) is 0 Å². The Bertz CT molecular complexity index is 1330. The molecule has 1 aromatic heterocycles. The highest BCUT2D eigenvalue weighted by Gasteiger charge is 2.14. The van der Waals surface area contributed by atoms with Crippen LogP contribution in [0.3, 0.4) is 0 Å². The highest BCUT2D eigenvalue weighted by Crippen LogP contribution is 2.23. The first kappa shape index (κ1) is 24.0. The fraction of sp³-hybridized carbons (Fsp3) is 0.240. The molecule has 3 rings (SSSR count). The Morgan fingerprint density at radius 3 is 2.18 bits per heavy atom. The SMILES string of the molecule is COc1cc(OC)cc(C(=O)/C=c2\s/c(=C/c3ccc(C)cc3)c(=O)n2CC(=O)N(C)C)c1. The van der Waals surface area contributed by atoms with Crippen LogP contribution < -0.4 is 24.2 Å². The zero-order valence-electron chi connectivity index (χ0n) is 19.2. The summed E-state index contributed by atoms with van der Waals surface area (Å²) in [5.41, 5.74) is 2.00. The number of ketones is 1. The van der Waals surface area contributed by atoms with Crippen molar-refractivity contribution in [3.63, 3.8) is 0 Å². The second kappa shape index (κ2) is 10.3. The molecule has 8 heteroatoms. The molecule has 33 heavy (non-hydrogen) atoms. The lowest BCUT2D eigenvalue weighted by atomic mass is 10.1. The summed E-state index contributed by atoms with van der Waals surface area (Å²) in [6.45, 7) is 1.83. The Morgan fingerprint density at radius 2 is 1.64 bits per heavy atom. The van der Waals surface area contributed by atoms with E-state index in [1.54, 1.807) is 38.4 Å². The average Bonchev–Trinajstić information content (AvgIpc) is 3.08. The Kier molecular flexibility index (Phi) is 7.50. The summed E-state index contributed by atoms with van der Waals surface area (Å²) in [7, 11) is 6.25. The molecule has 0 aliphatic heterocycles. The second-order valence-electron chi connectivity index (χ2n) is 7.65. The van der Waals surface area contributed by atoms with E-state index in [0.717, 1.165) is 11.1 Å². The van der Waals surface area contributed by atoms with E-state index >= 15 is 0 Å². The summed E-state index contributed by atoms with van der Waals surface area (Å²) < 4.78 is 12.7. The van der Waals surface area contributed by atoms with Crippen LogP contribution >= 0.6 is 11.3 Å². The van der Waals surface area contributed by atoms with Gasteiger partial charge in [0.1, 0.15) is 22.7 Å². The number of carbonyl (C=O) groups excluding carboxylic acids is 2. The number of rotatable bonds is 7. The van der Waals surface area contributed by atoms with Crippen LogP contribution in [0, 0.1) is 6.92 Å². The van der Waals surface area contributed by atoms with E-state index in [4.69, 9.17) is 9.47 Å². The predicted octanol–water partition coefficient (Wildman–Crippen LogP) is 1.82. The Balaban J connectivity index is 2.16. The van der Waals surface area contributed by atoms with E-state index in [1.807, 2.05) is 31.2 Å². The number of nitrogens with zero attached hydrogens (tertiary/aromatic N) is 2. The smallest absolute Gasteiger partial charge is 0.269 e. The van der Waals surface area contributed by atoms with E-state index in [-0.39, 0.29) is 23.8 Å². The van der Waals surface area contributed by atoms with Gasteiger partial charge in [-0.3, -0.25) is 19.0 Å². The molecule has 0 aliphatic rings. The fourth-order valence-corrected chi connectivity index (χ4v) is 4.07. The van der Waals surface area contributed by atoms with E-state index < -0.39 is 0 Å². The normalized spacial score (nSPS) is 12.0. The first-order valence-electron chi connectivity index (χ1n) is 10.2. The first-order chi connectivity index (χ1) is 15.7. The lowest BCUT2D eigenvalue weighted by molar-refractivity contribution is -0.129.